The maximum atomic E-state index is 12.4. The number of carbonyl (C=O) groups excluding carboxylic acids is 1. The lowest BCUT2D eigenvalue weighted by atomic mass is 9.87. The fourth-order valence-electron chi connectivity index (χ4n) is 4.59. The summed E-state index contributed by atoms with van der Waals surface area (Å²) in [5, 5.41) is 0.400. The van der Waals surface area contributed by atoms with Gasteiger partial charge in [0.2, 0.25) is 0 Å². The number of nitrogens with zero attached hydrogens (tertiary/aromatic N) is 3. The number of hydrogen-bond donors (Lipinski definition) is 0. The van der Waals surface area contributed by atoms with E-state index in [2.05, 4.69) is 39.6 Å². The molecule has 1 aliphatic heterocycles. The fraction of sp³-hybridized carbons (Fsp3) is 0.348. The standard InChI is InChI=1S/C23H21BrClN3O3S/c1-12-4-3-7-26-17(12)19(13-5-8-31-9-6-13)28-15-10-14(24)11-27-18(15)22-20(28)16(25)21(32-22)23(29)30-2/h3-4,7,10-11,13,19H,5-6,8-9H2,1-2H3. The van der Waals surface area contributed by atoms with Crippen LogP contribution in [0.3, 0.4) is 0 Å². The van der Waals surface area contributed by atoms with Crippen molar-refractivity contribution in [2.45, 2.75) is 25.8 Å². The number of hydrogen-bond acceptors (Lipinski definition) is 6. The predicted molar refractivity (Wildman–Crippen MR) is 130 cm³/mol. The van der Waals surface area contributed by atoms with Crippen LogP contribution in [0, 0.1) is 12.8 Å². The zero-order chi connectivity index (χ0) is 22.4. The molecule has 5 rings (SSSR count). The number of thiophene rings is 1. The van der Waals surface area contributed by atoms with Crippen LogP contribution in [0.5, 0.6) is 0 Å². The van der Waals surface area contributed by atoms with Crippen LogP contribution >= 0.6 is 38.9 Å². The summed E-state index contributed by atoms with van der Waals surface area (Å²) < 4.78 is 14.6. The highest BCUT2D eigenvalue weighted by Crippen LogP contribution is 2.47. The van der Waals surface area contributed by atoms with Gasteiger partial charge < -0.3 is 14.0 Å². The average molecular weight is 535 g/mol. The van der Waals surface area contributed by atoms with Crippen molar-refractivity contribution in [3.05, 3.63) is 56.2 Å². The lowest BCUT2D eigenvalue weighted by Crippen LogP contribution is -2.28. The number of aromatic nitrogens is 3. The first kappa shape index (κ1) is 21.8. The third-order valence-electron chi connectivity index (χ3n) is 6.07. The van der Waals surface area contributed by atoms with Gasteiger partial charge in [-0.3, -0.25) is 9.97 Å². The van der Waals surface area contributed by atoms with E-state index in [0.717, 1.165) is 49.8 Å². The number of rotatable bonds is 4. The Morgan fingerprint density at radius 3 is 2.88 bits per heavy atom. The molecule has 1 saturated heterocycles. The van der Waals surface area contributed by atoms with Gasteiger partial charge >= 0.3 is 5.97 Å². The van der Waals surface area contributed by atoms with Crippen molar-refractivity contribution in [1.82, 2.24) is 14.5 Å². The van der Waals surface area contributed by atoms with Crippen molar-refractivity contribution >= 4 is 66.1 Å². The molecule has 5 heterocycles. The SMILES string of the molecule is COC(=O)c1sc2c3ncc(Br)cc3n(C(c3ncccc3C)C3CCOCC3)c2c1Cl. The summed E-state index contributed by atoms with van der Waals surface area (Å²) in [6.45, 7) is 3.51. The monoisotopic (exact) mass is 533 g/mol. The van der Waals surface area contributed by atoms with Crippen LogP contribution in [-0.2, 0) is 9.47 Å². The van der Waals surface area contributed by atoms with Gasteiger partial charge in [-0.2, -0.15) is 0 Å². The molecule has 1 fully saturated rings. The summed E-state index contributed by atoms with van der Waals surface area (Å²) in [6, 6.07) is 6.02. The Morgan fingerprint density at radius 1 is 1.38 bits per heavy atom. The van der Waals surface area contributed by atoms with Gasteiger partial charge in [0, 0.05) is 30.1 Å². The van der Waals surface area contributed by atoms with Crippen LogP contribution in [0.1, 0.15) is 39.8 Å². The van der Waals surface area contributed by atoms with E-state index in [1.165, 1.54) is 18.4 Å². The largest absolute Gasteiger partial charge is 0.465 e. The average Bonchev–Trinajstić information content (AvgIpc) is 3.30. The van der Waals surface area contributed by atoms with Gasteiger partial charge in [-0.05, 0) is 59.3 Å². The maximum Gasteiger partial charge on any atom is 0.349 e. The van der Waals surface area contributed by atoms with E-state index in [-0.39, 0.29) is 6.04 Å². The first-order valence-corrected chi connectivity index (χ1v) is 12.3. The molecule has 1 atom stereocenters. The highest BCUT2D eigenvalue weighted by Gasteiger charge is 2.34. The lowest BCUT2D eigenvalue weighted by Gasteiger charge is -2.33. The van der Waals surface area contributed by atoms with Crippen LogP contribution in [0.25, 0.3) is 21.3 Å². The van der Waals surface area contributed by atoms with Crippen LogP contribution < -0.4 is 0 Å². The Labute approximate surface area is 202 Å². The Hall–Kier alpha value is -2.00. The number of carbonyl (C=O) groups is 1. The lowest BCUT2D eigenvalue weighted by molar-refractivity contribution is 0.0547. The third kappa shape index (κ3) is 3.53. The minimum absolute atomic E-state index is 0.0752. The number of fused-ring (bicyclic) bond motifs is 3. The van der Waals surface area contributed by atoms with Gasteiger partial charge in [-0.25, -0.2) is 4.79 Å². The van der Waals surface area contributed by atoms with E-state index < -0.39 is 5.97 Å². The predicted octanol–water partition coefficient (Wildman–Crippen LogP) is 6.17. The highest BCUT2D eigenvalue weighted by molar-refractivity contribution is 9.10. The second kappa shape index (κ2) is 8.74. The van der Waals surface area contributed by atoms with Crippen LogP contribution in [-0.4, -0.2) is 40.8 Å². The number of pyridine rings is 2. The minimum Gasteiger partial charge on any atom is -0.465 e. The first-order chi connectivity index (χ1) is 15.5. The Kier molecular flexibility index (Phi) is 5.96. The molecule has 32 heavy (non-hydrogen) atoms. The molecule has 0 radical (unpaired) electrons. The fourth-order valence-corrected chi connectivity index (χ4v) is 6.46. The molecule has 1 aliphatic rings. The summed E-state index contributed by atoms with van der Waals surface area (Å²) in [4.78, 5) is 22.3. The molecule has 0 saturated carbocycles. The topological polar surface area (TPSA) is 66.2 Å². The number of esters is 1. The van der Waals surface area contributed by atoms with E-state index in [1.807, 2.05) is 12.3 Å². The molecule has 0 N–H and O–H groups in total. The van der Waals surface area contributed by atoms with Gasteiger partial charge in [0.15, 0.2) is 0 Å². The molecule has 0 amide bonds. The number of methoxy groups -OCH3 is 1. The van der Waals surface area contributed by atoms with Crippen molar-refractivity contribution in [2.75, 3.05) is 20.3 Å². The van der Waals surface area contributed by atoms with Crippen molar-refractivity contribution in [2.24, 2.45) is 5.92 Å². The van der Waals surface area contributed by atoms with Gasteiger partial charge in [0.1, 0.15) is 10.4 Å². The van der Waals surface area contributed by atoms with E-state index in [9.17, 15) is 4.79 Å². The third-order valence-corrected chi connectivity index (χ3v) is 8.15. The van der Waals surface area contributed by atoms with Crippen LogP contribution in [0.15, 0.2) is 35.1 Å². The number of halogens is 2. The Balaban J connectivity index is 1.87. The van der Waals surface area contributed by atoms with Crippen molar-refractivity contribution in [3.63, 3.8) is 0 Å². The Bertz CT molecular complexity index is 1330. The van der Waals surface area contributed by atoms with Gasteiger partial charge in [-0.15, -0.1) is 11.3 Å². The first-order valence-electron chi connectivity index (χ1n) is 10.4. The summed E-state index contributed by atoms with van der Waals surface area (Å²) in [5.74, 6) is -0.141. The van der Waals surface area contributed by atoms with Gasteiger partial charge in [0.25, 0.3) is 0 Å². The van der Waals surface area contributed by atoms with Crippen molar-refractivity contribution < 1.29 is 14.3 Å². The Morgan fingerprint density at radius 2 is 2.16 bits per heavy atom. The minimum atomic E-state index is -0.440. The zero-order valence-electron chi connectivity index (χ0n) is 17.6. The molecule has 0 bridgehead atoms. The highest BCUT2D eigenvalue weighted by atomic mass is 79.9. The summed E-state index contributed by atoms with van der Waals surface area (Å²) in [7, 11) is 1.37. The quantitative estimate of drug-likeness (QED) is 0.293. The molecule has 1 unspecified atom stereocenters. The summed E-state index contributed by atoms with van der Waals surface area (Å²) >= 11 is 11.8. The normalized spacial score (nSPS) is 16.0. The second-order valence-electron chi connectivity index (χ2n) is 7.91. The van der Waals surface area contributed by atoms with Gasteiger partial charge in [-0.1, -0.05) is 17.7 Å². The molecule has 0 spiro atoms. The molecule has 0 aromatic carbocycles. The molecule has 166 valence electrons. The molecule has 4 aromatic rings. The molecule has 9 heteroatoms. The van der Waals surface area contributed by atoms with E-state index >= 15 is 0 Å². The molecular formula is C23H21BrClN3O3S. The number of ether oxygens (including phenoxy) is 2. The zero-order valence-corrected chi connectivity index (χ0v) is 20.8. The molecule has 4 aromatic heterocycles. The molecular weight excluding hydrogens is 514 g/mol. The number of aryl methyl sites for hydroxylation is 1. The second-order valence-corrected chi connectivity index (χ2v) is 10.2. The summed E-state index contributed by atoms with van der Waals surface area (Å²) in [5.41, 5.74) is 4.69. The van der Waals surface area contributed by atoms with Gasteiger partial charge in [0.05, 0.1) is 39.6 Å². The maximum absolute atomic E-state index is 12.4. The van der Waals surface area contributed by atoms with E-state index in [1.54, 1.807) is 6.20 Å². The molecule has 0 aliphatic carbocycles. The van der Waals surface area contributed by atoms with Crippen molar-refractivity contribution in [3.8, 4) is 0 Å². The van der Waals surface area contributed by atoms with Crippen LogP contribution in [0.4, 0.5) is 0 Å². The van der Waals surface area contributed by atoms with Crippen molar-refractivity contribution in [1.29, 1.82) is 0 Å². The summed E-state index contributed by atoms with van der Waals surface area (Å²) in [6.07, 6.45) is 5.43. The smallest absolute Gasteiger partial charge is 0.349 e. The van der Waals surface area contributed by atoms with E-state index in [0.29, 0.717) is 29.0 Å². The molecule has 6 nitrogen and oxygen atoms in total. The van der Waals surface area contributed by atoms with E-state index in [4.69, 9.17) is 31.0 Å². The van der Waals surface area contributed by atoms with Crippen LogP contribution in [0.2, 0.25) is 5.02 Å².